The second kappa shape index (κ2) is 6.47. The van der Waals surface area contributed by atoms with Gasteiger partial charge in [0.2, 0.25) is 5.91 Å². The molecular formula is C14H13Cl2NO4. The number of benzene rings is 1. The van der Waals surface area contributed by atoms with Gasteiger partial charge in [0.05, 0.1) is 16.1 Å². The predicted octanol–water partition coefficient (Wildman–Crippen LogP) is 2.05. The van der Waals surface area contributed by atoms with E-state index in [9.17, 15) is 14.7 Å². The molecule has 1 aliphatic rings. The van der Waals surface area contributed by atoms with E-state index in [1.165, 1.54) is 12.2 Å². The molecular weight excluding hydrogens is 317 g/mol. The lowest BCUT2D eigenvalue weighted by Gasteiger charge is -2.19. The molecule has 1 amide bonds. The summed E-state index contributed by atoms with van der Waals surface area (Å²) in [4.78, 5) is 24.2. The molecule has 2 atom stereocenters. The highest BCUT2D eigenvalue weighted by Gasteiger charge is 2.37. The van der Waals surface area contributed by atoms with Crippen molar-refractivity contribution in [1.82, 2.24) is 4.90 Å². The first-order valence-corrected chi connectivity index (χ1v) is 6.98. The van der Waals surface area contributed by atoms with Crippen LogP contribution in [0.15, 0.2) is 24.3 Å². The summed E-state index contributed by atoms with van der Waals surface area (Å²) < 4.78 is 0. The van der Waals surface area contributed by atoms with Crippen molar-refractivity contribution in [1.29, 1.82) is 0 Å². The van der Waals surface area contributed by atoms with E-state index in [0.717, 1.165) is 4.90 Å². The summed E-state index contributed by atoms with van der Waals surface area (Å²) in [6.45, 7) is 0.0154. The Labute approximate surface area is 131 Å². The van der Waals surface area contributed by atoms with Crippen LogP contribution in [-0.4, -0.2) is 45.7 Å². The van der Waals surface area contributed by atoms with Crippen molar-refractivity contribution in [2.24, 2.45) is 0 Å². The quantitative estimate of drug-likeness (QED) is 0.832. The molecule has 112 valence electrons. The van der Waals surface area contributed by atoms with Gasteiger partial charge in [0.25, 0.3) is 0 Å². The van der Waals surface area contributed by atoms with Gasteiger partial charge in [-0.25, -0.2) is 4.79 Å². The van der Waals surface area contributed by atoms with Crippen LogP contribution in [0.5, 0.6) is 0 Å². The van der Waals surface area contributed by atoms with Gasteiger partial charge in [-0.15, -0.1) is 0 Å². The SMILES string of the molecule is O=C(O)[C@@H]1C[C@H](O)CN1C(=O)C=Cc1ccc(Cl)c(Cl)c1. The number of likely N-dealkylation sites (tertiary alicyclic amines) is 1. The number of carbonyl (C=O) groups excluding carboxylic acids is 1. The summed E-state index contributed by atoms with van der Waals surface area (Å²) in [6.07, 6.45) is 2.01. The number of β-amino-alcohol motifs (C(OH)–C–C–N with tert-alkyl or cyclic N) is 1. The van der Waals surface area contributed by atoms with E-state index >= 15 is 0 Å². The van der Waals surface area contributed by atoms with Gasteiger partial charge in [0.15, 0.2) is 0 Å². The second-order valence-corrected chi connectivity index (χ2v) is 5.56. The first-order chi connectivity index (χ1) is 9.88. The summed E-state index contributed by atoms with van der Waals surface area (Å²) in [5.74, 6) is -1.59. The number of halogens is 2. The normalized spacial score (nSPS) is 22.0. The maximum absolute atomic E-state index is 12.0. The van der Waals surface area contributed by atoms with E-state index in [1.807, 2.05) is 0 Å². The standard InChI is InChI=1S/C14H13Cl2NO4/c15-10-3-1-8(5-11(10)16)2-4-13(19)17-7-9(18)6-12(17)14(20)21/h1-5,9,12,18H,6-7H2,(H,20,21)/t9-,12-/m0/s1. The third-order valence-electron chi connectivity index (χ3n) is 3.21. The largest absolute Gasteiger partial charge is 0.480 e. The van der Waals surface area contributed by atoms with Gasteiger partial charge in [0, 0.05) is 19.0 Å². The first kappa shape index (κ1) is 15.8. The van der Waals surface area contributed by atoms with Gasteiger partial charge in [0.1, 0.15) is 6.04 Å². The van der Waals surface area contributed by atoms with E-state index in [0.29, 0.717) is 15.6 Å². The van der Waals surface area contributed by atoms with Gasteiger partial charge in [-0.05, 0) is 23.8 Å². The van der Waals surface area contributed by atoms with Crippen molar-refractivity contribution in [3.63, 3.8) is 0 Å². The number of nitrogens with zero attached hydrogens (tertiary/aromatic N) is 1. The van der Waals surface area contributed by atoms with Crippen molar-refractivity contribution in [2.75, 3.05) is 6.54 Å². The second-order valence-electron chi connectivity index (χ2n) is 4.74. The van der Waals surface area contributed by atoms with Gasteiger partial charge in [-0.3, -0.25) is 4.79 Å². The van der Waals surface area contributed by atoms with Crippen LogP contribution in [0, 0.1) is 0 Å². The van der Waals surface area contributed by atoms with Gasteiger partial charge < -0.3 is 15.1 Å². The van der Waals surface area contributed by atoms with E-state index in [4.69, 9.17) is 28.3 Å². The van der Waals surface area contributed by atoms with Crippen LogP contribution in [0.2, 0.25) is 10.0 Å². The molecule has 0 radical (unpaired) electrons. The monoisotopic (exact) mass is 329 g/mol. The summed E-state index contributed by atoms with van der Waals surface area (Å²) in [5.41, 5.74) is 0.671. The molecule has 1 aromatic rings. The highest BCUT2D eigenvalue weighted by molar-refractivity contribution is 6.42. The Balaban J connectivity index is 2.11. The van der Waals surface area contributed by atoms with Crippen LogP contribution < -0.4 is 0 Å². The van der Waals surface area contributed by atoms with Gasteiger partial charge in [-0.2, -0.15) is 0 Å². The molecule has 5 nitrogen and oxygen atoms in total. The number of hydrogen-bond donors (Lipinski definition) is 2. The van der Waals surface area contributed by atoms with E-state index in [-0.39, 0.29) is 13.0 Å². The Morgan fingerprint density at radius 3 is 2.62 bits per heavy atom. The molecule has 2 rings (SSSR count). The average Bonchev–Trinajstić information content (AvgIpc) is 2.82. The van der Waals surface area contributed by atoms with Crippen LogP contribution in [0.4, 0.5) is 0 Å². The van der Waals surface area contributed by atoms with E-state index in [1.54, 1.807) is 18.2 Å². The number of carboxylic acid groups (broad SMARTS) is 1. The van der Waals surface area contributed by atoms with Crippen LogP contribution >= 0.6 is 23.2 Å². The van der Waals surface area contributed by atoms with Crippen molar-refractivity contribution >= 4 is 41.2 Å². The fourth-order valence-corrected chi connectivity index (χ4v) is 2.48. The van der Waals surface area contributed by atoms with Crippen LogP contribution in [0.25, 0.3) is 6.08 Å². The van der Waals surface area contributed by atoms with Crippen LogP contribution in [-0.2, 0) is 9.59 Å². The molecule has 7 heteroatoms. The number of carboxylic acids is 1. The maximum atomic E-state index is 12.0. The lowest BCUT2D eigenvalue weighted by molar-refractivity contribution is -0.146. The summed E-state index contributed by atoms with van der Waals surface area (Å²) >= 11 is 11.7. The minimum Gasteiger partial charge on any atom is -0.480 e. The Kier molecular flexibility index (Phi) is 4.88. The van der Waals surface area contributed by atoms with E-state index < -0.39 is 24.0 Å². The maximum Gasteiger partial charge on any atom is 0.326 e. The lowest BCUT2D eigenvalue weighted by atomic mass is 10.2. The highest BCUT2D eigenvalue weighted by atomic mass is 35.5. The molecule has 0 spiro atoms. The number of aliphatic hydroxyl groups excluding tert-OH is 1. The third-order valence-corrected chi connectivity index (χ3v) is 3.95. The smallest absolute Gasteiger partial charge is 0.326 e. The Morgan fingerprint density at radius 1 is 1.29 bits per heavy atom. The van der Waals surface area contributed by atoms with Crippen LogP contribution in [0.3, 0.4) is 0 Å². The predicted molar refractivity (Wildman–Crippen MR) is 79.3 cm³/mol. The third kappa shape index (κ3) is 3.75. The number of amides is 1. The lowest BCUT2D eigenvalue weighted by Crippen LogP contribution is -2.39. The molecule has 0 saturated carbocycles. The Morgan fingerprint density at radius 2 is 2.00 bits per heavy atom. The number of aliphatic carboxylic acids is 1. The molecule has 1 aliphatic heterocycles. The fourth-order valence-electron chi connectivity index (χ4n) is 2.17. The molecule has 2 N–H and O–H groups in total. The van der Waals surface area contributed by atoms with Crippen molar-refractivity contribution < 1.29 is 19.8 Å². The zero-order valence-corrected chi connectivity index (χ0v) is 12.4. The average molecular weight is 330 g/mol. The number of aliphatic hydroxyl groups is 1. The van der Waals surface area contributed by atoms with Crippen LogP contribution in [0.1, 0.15) is 12.0 Å². The summed E-state index contributed by atoms with van der Waals surface area (Å²) in [5, 5.41) is 19.3. The van der Waals surface area contributed by atoms with E-state index in [2.05, 4.69) is 0 Å². The molecule has 0 bridgehead atoms. The molecule has 1 aromatic carbocycles. The number of hydrogen-bond acceptors (Lipinski definition) is 3. The molecule has 1 fully saturated rings. The molecule has 0 aromatic heterocycles. The van der Waals surface area contributed by atoms with Crippen molar-refractivity contribution in [2.45, 2.75) is 18.6 Å². The van der Waals surface area contributed by atoms with Gasteiger partial charge >= 0.3 is 5.97 Å². The highest BCUT2D eigenvalue weighted by Crippen LogP contribution is 2.23. The molecule has 0 unspecified atom stereocenters. The molecule has 1 saturated heterocycles. The van der Waals surface area contributed by atoms with Gasteiger partial charge in [-0.1, -0.05) is 29.3 Å². The molecule has 1 heterocycles. The number of rotatable bonds is 3. The number of carbonyl (C=O) groups is 2. The zero-order valence-electron chi connectivity index (χ0n) is 10.9. The van der Waals surface area contributed by atoms with Crippen molar-refractivity contribution in [3.8, 4) is 0 Å². The Hall–Kier alpha value is -1.56. The Bertz CT molecular complexity index is 603. The topological polar surface area (TPSA) is 77.8 Å². The van der Waals surface area contributed by atoms with Crippen molar-refractivity contribution in [3.05, 3.63) is 39.9 Å². The first-order valence-electron chi connectivity index (χ1n) is 6.23. The minimum absolute atomic E-state index is 0.0154. The molecule has 0 aliphatic carbocycles. The summed E-state index contributed by atoms with van der Waals surface area (Å²) in [6, 6.07) is 3.89. The minimum atomic E-state index is -1.12. The zero-order chi connectivity index (χ0) is 15.6. The fraction of sp³-hybridized carbons (Fsp3) is 0.286. The molecule has 21 heavy (non-hydrogen) atoms. The summed E-state index contributed by atoms with van der Waals surface area (Å²) in [7, 11) is 0.